The first kappa shape index (κ1) is 40.3. The zero-order chi connectivity index (χ0) is 38.7. The maximum Gasteiger partial charge on any atom is 0.573 e. The molecule has 2 aromatic rings. The summed E-state index contributed by atoms with van der Waals surface area (Å²) in [5, 5.41) is 15.4. The van der Waals surface area contributed by atoms with Gasteiger partial charge < -0.3 is 34.0 Å². The molecule has 286 valence electrons. The number of fused-ring (bicyclic) bond motifs is 3. The monoisotopic (exact) mass is 746 g/mol. The van der Waals surface area contributed by atoms with Crippen LogP contribution in [-0.2, 0) is 30.3 Å². The topological polar surface area (TPSA) is 187 Å². The zero-order valence-corrected chi connectivity index (χ0v) is 29.3. The average Bonchev–Trinajstić information content (AvgIpc) is 3.77. The molecule has 53 heavy (non-hydrogen) atoms. The van der Waals surface area contributed by atoms with E-state index in [2.05, 4.69) is 20.4 Å². The lowest BCUT2D eigenvalue weighted by Crippen LogP contribution is -2.44. The van der Waals surface area contributed by atoms with E-state index >= 15 is 0 Å². The molecule has 1 aromatic carbocycles. The molecule has 0 saturated carbocycles. The summed E-state index contributed by atoms with van der Waals surface area (Å²) in [7, 11) is 0. The molecule has 3 N–H and O–H groups in total. The van der Waals surface area contributed by atoms with Crippen LogP contribution in [0.25, 0.3) is 0 Å². The van der Waals surface area contributed by atoms with Gasteiger partial charge in [0, 0.05) is 37.0 Å². The lowest BCUT2D eigenvalue weighted by atomic mass is 9.93. The number of cyclic esters (lactones) is 1. The van der Waals surface area contributed by atoms with Gasteiger partial charge in [-0.15, -0.1) is 13.2 Å². The Hall–Kier alpha value is -5.45. The molecule has 3 heterocycles. The van der Waals surface area contributed by atoms with Crippen molar-refractivity contribution in [2.45, 2.75) is 71.1 Å². The molecule has 1 aromatic heterocycles. The highest BCUT2D eigenvalue weighted by Crippen LogP contribution is 2.27. The minimum Gasteiger partial charge on any atom is -0.460 e. The van der Waals surface area contributed by atoms with Crippen molar-refractivity contribution in [2.24, 2.45) is 11.8 Å². The molecular weight excluding hydrogens is 705 g/mol. The predicted molar refractivity (Wildman–Crippen MR) is 181 cm³/mol. The van der Waals surface area contributed by atoms with E-state index in [0.29, 0.717) is 12.0 Å². The summed E-state index contributed by atoms with van der Waals surface area (Å²) >= 11 is 0. The number of carbonyl (C=O) groups is 5. The van der Waals surface area contributed by atoms with E-state index in [4.69, 9.17) is 13.9 Å². The van der Waals surface area contributed by atoms with Gasteiger partial charge >= 0.3 is 18.4 Å². The van der Waals surface area contributed by atoms with E-state index in [1.54, 1.807) is 32.9 Å². The van der Waals surface area contributed by atoms with Gasteiger partial charge in [-0.1, -0.05) is 43.7 Å². The van der Waals surface area contributed by atoms with Gasteiger partial charge in [0.15, 0.2) is 5.69 Å². The number of allylic oxidation sites excluding steroid dienone is 2. The molecule has 17 heteroatoms. The zero-order valence-electron chi connectivity index (χ0n) is 29.3. The number of ether oxygens (including phenoxy) is 3. The number of halogens is 3. The van der Waals surface area contributed by atoms with Gasteiger partial charge in [-0.3, -0.25) is 19.7 Å². The Labute approximate surface area is 303 Å². The van der Waals surface area contributed by atoms with Crippen molar-refractivity contribution < 1.29 is 60.9 Å². The normalized spacial score (nSPS) is 23.6. The number of nitrogens with one attached hydrogen (secondary N) is 2. The fourth-order valence-corrected chi connectivity index (χ4v) is 5.75. The SMILES string of the molecule is CC1=C[C@@H](O)CC(=O)Cc2nc(co2)C(=O)N2CCC[C@@H]2C(=O)O[C@H]([C@@H](C)COC(=O)Nc2ccc(OC(F)(F)F)cc2)[C@H](C)/C=C/C(=O)NCC=C1. The number of hydrogen-bond acceptors (Lipinski definition) is 11. The molecular formula is C36H41F3N4O10. The fourth-order valence-electron chi connectivity index (χ4n) is 5.75. The summed E-state index contributed by atoms with van der Waals surface area (Å²) in [5.41, 5.74) is 0.668. The highest BCUT2D eigenvalue weighted by atomic mass is 19.4. The number of rotatable bonds is 5. The second kappa shape index (κ2) is 18.3. The number of benzene rings is 1. The largest absolute Gasteiger partial charge is 0.573 e. The highest BCUT2D eigenvalue weighted by Gasteiger charge is 2.39. The van der Waals surface area contributed by atoms with Crippen molar-refractivity contribution in [1.82, 2.24) is 15.2 Å². The maximum atomic E-state index is 13.7. The number of aromatic nitrogens is 1. The van der Waals surface area contributed by atoms with Gasteiger partial charge in [0.05, 0.1) is 19.1 Å². The first-order valence-corrected chi connectivity index (χ1v) is 16.8. The molecule has 2 aliphatic rings. The summed E-state index contributed by atoms with van der Waals surface area (Å²) in [6, 6.07) is 3.42. The Morgan fingerprint density at radius 1 is 1.17 bits per heavy atom. The summed E-state index contributed by atoms with van der Waals surface area (Å²) < 4.78 is 57.9. The van der Waals surface area contributed by atoms with Gasteiger partial charge in [-0.25, -0.2) is 14.6 Å². The van der Waals surface area contributed by atoms with Crippen LogP contribution >= 0.6 is 0 Å². The van der Waals surface area contributed by atoms with E-state index in [0.717, 1.165) is 18.4 Å². The van der Waals surface area contributed by atoms with Crippen LogP contribution in [-0.4, -0.2) is 89.0 Å². The van der Waals surface area contributed by atoms with Crippen molar-refractivity contribution >= 4 is 35.3 Å². The molecule has 0 unspecified atom stereocenters. The molecule has 2 bridgehead atoms. The first-order chi connectivity index (χ1) is 25.1. The number of anilines is 1. The summed E-state index contributed by atoms with van der Waals surface area (Å²) in [5.74, 6) is -3.93. The van der Waals surface area contributed by atoms with Crippen molar-refractivity contribution in [3.05, 3.63) is 78.1 Å². The van der Waals surface area contributed by atoms with E-state index < -0.39 is 66.1 Å². The van der Waals surface area contributed by atoms with Crippen LogP contribution < -0.4 is 15.4 Å². The molecule has 0 spiro atoms. The molecule has 4 rings (SSSR count). The number of hydrogen-bond donors (Lipinski definition) is 3. The number of alkyl halides is 3. The summed E-state index contributed by atoms with van der Waals surface area (Å²) in [4.78, 5) is 70.3. The smallest absolute Gasteiger partial charge is 0.460 e. The van der Waals surface area contributed by atoms with Crippen LogP contribution in [0.15, 0.2) is 70.9 Å². The van der Waals surface area contributed by atoms with E-state index in [9.17, 15) is 42.3 Å². The standard InChI is InChI=1S/C36H41F3N4O10/c1-21-6-4-14-40-30(46)13-8-22(2)32(23(3)19-51-35(49)41-24-9-11-27(12-10-24)53-36(37,38)39)52-34(48)29-7-5-15-43(29)33(47)28-20-50-31(42-28)18-26(45)17-25(44)16-21/h4,6,8-13,16,20,22-23,25,29,32,44H,5,7,14-15,17-19H2,1-3H3,(H,40,46)(H,41,49)/b6-4?,13-8+,21-16?/t22-,23+,25-,29-,32+/m1/s1. The third-order valence-corrected chi connectivity index (χ3v) is 8.27. The van der Waals surface area contributed by atoms with Gasteiger partial charge in [0.1, 0.15) is 29.9 Å². The molecule has 1 fully saturated rings. The lowest BCUT2D eigenvalue weighted by Gasteiger charge is -2.30. The van der Waals surface area contributed by atoms with E-state index in [-0.39, 0.29) is 62.0 Å². The van der Waals surface area contributed by atoms with Gasteiger partial charge in [0.25, 0.3) is 5.91 Å². The maximum absolute atomic E-state index is 13.7. The van der Waals surface area contributed by atoms with Gasteiger partial charge in [-0.05, 0) is 50.1 Å². The van der Waals surface area contributed by atoms with E-state index in [1.165, 1.54) is 35.3 Å². The molecule has 14 nitrogen and oxygen atoms in total. The third-order valence-electron chi connectivity index (χ3n) is 8.27. The van der Waals surface area contributed by atoms with Crippen molar-refractivity contribution in [2.75, 3.05) is 25.0 Å². The van der Waals surface area contributed by atoms with Crippen LogP contribution in [0, 0.1) is 11.8 Å². The minimum atomic E-state index is -4.87. The summed E-state index contributed by atoms with van der Waals surface area (Å²) in [6.45, 7) is 5.15. The number of amides is 3. The van der Waals surface area contributed by atoms with Crippen molar-refractivity contribution in [3.8, 4) is 5.75 Å². The number of esters is 1. The average molecular weight is 747 g/mol. The molecule has 0 radical (unpaired) electrons. The molecule has 3 amide bonds. The number of nitrogens with zero attached hydrogens (tertiary/aromatic N) is 2. The number of ketones is 1. The third kappa shape index (κ3) is 12.6. The van der Waals surface area contributed by atoms with Crippen LogP contribution in [0.2, 0.25) is 0 Å². The van der Waals surface area contributed by atoms with Gasteiger partial charge in [0.2, 0.25) is 11.8 Å². The highest BCUT2D eigenvalue weighted by molar-refractivity contribution is 5.95. The number of Topliss-reactive ketones (excluding diaryl/α,β-unsaturated/α-hetero) is 1. The van der Waals surface area contributed by atoms with Crippen molar-refractivity contribution in [3.63, 3.8) is 0 Å². The Morgan fingerprint density at radius 3 is 2.62 bits per heavy atom. The van der Waals surface area contributed by atoms with Crippen molar-refractivity contribution in [1.29, 1.82) is 0 Å². The number of aliphatic hydroxyl groups is 1. The van der Waals surface area contributed by atoms with Crippen LogP contribution in [0.4, 0.5) is 23.7 Å². The fraction of sp³-hybridized carbons (Fsp3) is 0.444. The molecule has 1 saturated heterocycles. The molecule has 0 aliphatic carbocycles. The first-order valence-electron chi connectivity index (χ1n) is 16.8. The summed E-state index contributed by atoms with van der Waals surface area (Å²) in [6.07, 6.45) is 1.15. The molecule has 5 atom stereocenters. The lowest BCUT2D eigenvalue weighted by molar-refractivity contribution is -0.274. The Balaban J connectivity index is 1.50. The quantitative estimate of drug-likeness (QED) is 0.362. The minimum absolute atomic E-state index is 0.0235. The number of aliphatic hydroxyl groups excluding tert-OH is 1. The van der Waals surface area contributed by atoms with Gasteiger partial charge in [-0.2, -0.15) is 0 Å². The van der Waals surface area contributed by atoms with Crippen LogP contribution in [0.1, 0.15) is 56.4 Å². The second-order valence-electron chi connectivity index (χ2n) is 12.7. The van der Waals surface area contributed by atoms with Crippen LogP contribution in [0.5, 0.6) is 5.75 Å². The molecule has 2 aliphatic heterocycles. The Bertz CT molecular complexity index is 1720. The predicted octanol–water partition coefficient (Wildman–Crippen LogP) is 4.66. The second-order valence-corrected chi connectivity index (χ2v) is 12.7. The number of carbonyl (C=O) groups excluding carboxylic acids is 5. The van der Waals surface area contributed by atoms with E-state index in [1.807, 2.05) is 0 Å². The Morgan fingerprint density at radius 2 is 1.91 bits per heavy atom. The van der Waals surface area contributed by atoms with Crippen LogP contribution in [0.3, 0.4) is 0 Å². The Kier molecular flexibility index (Phi) is 14.0. The number of oxazole rings is 1.